The summed E-state index contributed by atoms with van der Waals surface area (Å²) in [5.41, 5.74) is 5.67. The van der Waals surface area contributed by atoms with Gasteiger partial charge < -0.3 is 15.5 Å². The van der Waals surface area contributed by atoms with E-state index >= 15 is 0 Å². The van der Waals surface area contributed by atoms with Crippen LogP contribution in [0.4, 0.5) is 0 Å². The van der Waals surface area contributed by atoms with Crippen LogP contribution in [0.3, 0.4) is 0 Å². The first-order valence-electron chi connectivity index (χ1n) is 9.67. The molecule has 3 fully saturated rings. The van der Waals surface area contributed by atoms with Crippen LogP contribution in [0.2, 0.25) is 0 Å². The summed E-state index contributed by atoms with van der Waals surface area (Å²) in [5.74, 6) is 0.376. The van der Waals surface area contributed by atoms with Crippen molar-refractivity contribution in [1.82, 2.24) is 14.7 Å². The van der Waals surface area contributed by atoms with Crippen LogP contribution >= 0.6 is 0 Å². The summed E-state index contributed by atoms with van der Waals surface area (Å²) in [6, 6.07) is 0. The number of nitrogens with two attached hydrogens (primary N) is 1. The molecule has 2 saturated heterocycles. The first kappa shape index (κ1) is 17.7. The van der Waals surface area contributed by atoms with Gasteiger partial charge in [0, 0.05) is 39.3 Å². The Morgan fingerprint density at radius 2 is 1.33 bits per heavy atom. The molecule has 0 aromatic carbocycles. The van der Waals surface area contributed by atoms with Crippen molar-refractivity contribution >= 4 is 11.8 Å². The molecular weight excluding hydrogens is 304 g/mol. The third kappa shape index (κ3) is 4.09. The van der Waals surface area contributed by atoms with Crippen molar-refractivity contribution in [3.8, 4) is 0 Å². The van der Waals surface area contributed by atoms with Crippen LogP contribution in [0.15, 0.2) is 0 Å². The van der Waals surface area contributed by atoms with E-state index in [0.29, 0.717) is 19.6 Å². The fraction of sp³-hybridized carbons (Fsp3) is 0.889. The van der Waals surface area contributed by atoms with Crippen LogP contribution in [-0.2, 0) is 9.59 Å². The van der Waals surface area contributed by atoms with Gasteiger partial charge in [-0.1, -0.05) is 25.7 Å². The molecule has 0 unspecified atom stereocenters. The van der Waals surface area contributed by atoms with Gasteiger partial charge in [0.05, 0.1) is 12.1 Å². The van der Waals surface area contributed by atoms with Gasteiger partial charge in [-0.05, 0) is 25.7 Å². The number of nitrogens with zero attached hydrogens (tertiary/aromatic N) is 3. The van der Waals surface area contributed by atoms with E-state index < -0.39 is 5.54 Å². The largest absolute Gasteiger partial charge is 0.342 e. The molecular formula is C18H32N4O2. The van der Waals surface area contributed by atoms with Crippen molar-refractivity contribution in [3.05, 3.63) is 0 Å². The third-order valence-corrected chi connectivity index (χ3v) is 5.90. The molecule has 2 amide bonds. The summed E-state index contributed by atoms with van der Waals surface area (Å²) in [7, 11) is 0. The molecule has 2 heterocycles. The Labute approximate surface area is 145 Å². The van der Waals surface area contributed by atoms with Crippen molar-refractivity contribution in [2.75, 3.05) is 45.8 Å². The quantitative estimate of drug-likeness (QED) is 0.828. The topological polar surface area (TPSA) is 69.9 Å². The molecule has 0 atom stereocenters. The van der Waals surface area contributed by atoms with Crippen molar-refractivity contribution in [2.24, 2.45) is 5.73 Å². The van der Waals surface area contributed by atoms with Crippen LogP contribution in [0.5, 0.6) is 0 Å². The van der Waals surface area contributed by atoms with Gasteiger partial charge in [0.25, 0.3) is 0 Å². The molecule has 136 valence electrons. The standard InChI is InChI=1S/C18H32N4O2/c19-18(7-3-4-8-18)17(24)22-13-11-20(12-14-22)15-16(23)21-9-5-1-2-6-10-21/h1-15,19H2. The van der Waals surface area contributed by atoms with E-state index in [9.17, 15) is 9.59 Å². The Morgan fingerprint density at radius 3 is 1.92 bits per heavy atom. The summed E-state index contributed by atoms with van der Waals surface area (Å²) >= 11 is 0. The Hall–Kier alpha value is -1.14. The van der Waals surface area contributed by atoms with Gasteiger partial charge in [-0.3, -0.25) is 14.5 Å². The van der Waals surface area contributed by atoms with Crippen LogP contribution in [-0.4, -0.2) is 77.9 Å². The number of piperazine rings is 1. The number of carbonyl (C=O) groups is 2. The van der Waals surface area contributed by atoms with Gasteiger partial charge in [-0.15, -0.1) is 0 Å². The van der Waals surface area contributed by atoms with Gasteiger partial charge in [-0.2, -0.15) is 0 Å². The van der Waals surface area contributed by atoms with Crippen molar-refractivity contribution in [1.29, 1.82) is 0 Å². The molecule has 0 radical (unpaired) electrons. The Morgan fingerprint density at radius 1 is 0.750 bits per heavy atom. The molecule has 0 spiro atoms. The van der Waals surface area contributed by atoms with E-state index in [1.807, 2.05) is 9.80 Å². The van der Waals surface area contributed by atoms with E-state index in [2.05, 4.69) is 4.90 Å². The predicted octanol–water partition coefficient (Wildman–Crippen LogP) is 0.805. The van der Waals surface area contributed by atoms with E-state index in [4.69, 9.17) is 5.73 Å². The second kappa shape index (κ2) is 7.83. The molecule has 1 aliphatic carbocycles. The lowest BCUT2D eigenvalue weighted by Crippen LogP contribution is -2.59. The number of rotatable bonds is 3. The maximum Gasteiger partial charge on any atom is 0.242 e. The first-order chi connectivity index (χ1) is 11.6. The van der Waals surface area contributed by atoms with Crippen LogP contribution < -0.4 is 5.73 Å². The minimum atomic E-state index is -0.621. The highest BCUT2D eigenvalue weighted by molar-refractivity contribution is 5.86. The van der Waals surface area contributed by atoms with Crippen LogP contribution in [0.1, 0.15) is 51.4 Å². The Bertz CT molecular complexity index is 446. The lowest BCUT2D eigenvalue weighted by Gasteiger charge is -2.38. The van der Waals surface area contributed by atoms with E-state index in [-0.39, 0.29) is 11.8 Å². The third-order valence-electron chi connectivity index (χ3n) is 5.90. The molecule has 24 heavy (non-hydrogen) atoms. The van der Waals surface area contributed by atoms with E-state index in [1.54, 1.807) is 0 Å². The zero-order valence-electron chi connectivity index (χ0n) is 14.8. The highest BCUT2D eigenvalue weighted by Gasteiger charge is 2.40. The molecule has 6 heteroatoms. The minimum absolute atomic E-state index is 0.124. The van der Waals surface area contributed by atoms with Gasteiger partial charge >= 0.3 is 0 Å². The molecule has 0 aromatic rings. The molecule has 2 N–H and O–H groups in total. The Balaban J connectivity index is 1.44. The van der Waals surface area contributed by atoms with Gasteiger partial charge in [0.2, 0.25) is 11.8 Å². The first-order valence-corrected chi connectivity index (χ1v) is 9.67. The number of amides is 2. The molecule has 0 bridgehead atoms. The average Bonchev–Trinajstić information content (AvgIpc) is 2.86. The lowest BCUT2D eigenvalue weighted by molar-refractivity contribution is -0.139. The molecule has 1 saturated carbocycles. The lowest BCUT2D eigenvalue weighted by atomic mass is 9.97. The molecule has 3 aliphatic rings. The van der Waals surface area contributed by atoms with Crippen LogP contribution in [0, 0.1) is 0 Å². The molecule has 6 nitrogen and oxygen atoms in total. The van der Waals surface area contributed by atoms with Crippen molar-refractivity contribution in [3.63, 3.8) is 0 Å². The van der Waals surface area contributed by atoms with E-state index in [1.165, 1.54) is 12.8 Å². The Kier molecular flexibility index (Phi) is 5.76. The van der Waals surface area contributed by atoms with Gasteiger partial charge in [0.1, 0.15) is 0 Å². The van der Waals surface area contributed by atoms with Crippen LogP contribution in [0.25, 0.3) is 0 Å². The SMILES string of the molecule is NC1(C(=O)N2CCN(CC(=O)N3CCCCCC3)CC2)CCCC1. The minimum Gasteiger partial charge on any atom is -0.342 e. The highest BCUT2D eigenvalue weighted by Crippen LogP contribution is 2.29. The number of likely N-dealkylation sites (tertiary alicyclic amines) is 1. The fourth-order valence-electron chi connectivity index (χ4n) is 4.26. The van der Waals surface area contributed by atoms with E-state index in [0.717, 1.165) is 64.7 Å². The number of carbonyl (C=O) groups excluding carboxylic acids is 2. The zero-order chi connectivity index (χ0) is 17.0. The average molecular weight is 336 g/mol. The maximum atomic E-state index is 12.6. The molecule has 0 aromatic heterocycles. The fourth-order valence-corrected chi connectivity index (χ4v) is 4.26. The second-order valence-corrected chi connectivity index (χ2v) is 7.73. The summed E-state index contributed by atoms with van der Waals surface area (Å²) in [6.07, 6.45) is 8.51. The van der Waals surface area contributed by atoms with Crippen molar-refractivity contribution < 1.29 is 9.59 Å². The molecule has 2 aliphatic heterocycles. The number of hydrogen-bond acceptors (Lipinski definition) is 4. The summed E-state index contributed by atoms with van der Waals surface area (Å²) < 4.78 is 0. The number of hydrogen-bond donors (Lipinski definition) is 1. The maximum absolute atomic E-state index is 12.6. The summed E-state index contributed by atoms with van der Waals surface area (Å²) in [4.78, 5) is 31.3. The zero-order valence-corrected chi connectivity index (χ0v) is 14.8. The van der Waals surface area contributed by atoms with Crippen molar-refractivity contribution in [2.45, 2.75) is 56.9 Å². The van der Waals surface area contributed by atoms with Gasteiger partial charge in [-0.25, -0.2) is 0 Å². The summed E-state index contributed by atoms with van der Waals surface area (Å²) in [5, 5.41) is 0. The second-order valence-electron chi connectivity index (χ2n) is 7.73. The summed E-state index contributed by atoms with van der Waals surface area (Å²) in [6.45, 7) is 5.27. The molecule has 3 rings (SSSR count). The predicted molar refractivity (Wildman–Crippen MR) is 93.5 cm³/mol. The monoisotopic (exact) mass is 336 g/mol. The smallest absolute Gasteiger partial charge is 0.242 e. The normalized spacial score (nSPS) is 25.5. The highest BCUT2D eigenvalue weighted by atomic mass is 16.2. The van der Waals surface area contributed by atoms with Gasteiger partial charge in [0.15, 0.2) is 0 Å².